The van der Waals surface area contributed by atoms with Crippen molar-refractivity contribution in [3.8, 4) is 0 Å². The van der Waals surface area contributed by atoms with Gasteiger partial charge in [0.15, 0.2) is 0 Å². The summed E-state index contributed by atoms with van der Waals surface area (Å²) < 4.78 is 6.80. The molecule has 0 fully saturated rings. The highest BCUT2D eigenvalue weighted by molar-refractivity contribution is 5.68. The SMILES string of the molecule is C=Cn1cc(CC(CN)NC(=O)OC(C)(C)C)cn1. The average Bonchev–Trinajstić information content (AvgIpc) is 2.73. The van der Waals surface area contributed by atoms with Crippen LogP contribution in [0, 0.1) is 0 Å². The van der Waals surface area contributed by atoms with E-state index < -0.39 is 11.7 Å². The first-order valence-corrected chi connectivity index (χ1v) is 6.19. The predicted octanol–water partition coefficient (Wildman–Crippen LogP) is 1.38. The van der Waals surface area contributed by atoms with E-state index in [9.17, 15) is 4.79 Å². The summed E-state index contributed by atoms with van der Waals surface area (Å²) in [4.78, 5) is 11.7. The van der Waals surface area contributed by atoms with Crippen molar-refractivity contribution < 1.29 is 9.53 Å². The van der Waals surface area contributed by atoms with Crippen molar-refractivity contribution in [1.82, 2.24) is 15.1 Å². The lowest BCUT2D eigenvalue weighted by molar-refractivity contribution is 0.0506. The van der Waals surface area contributed by atoms with Gasteiger partial charge in [-0.15, -0.1) is 0 Å². The molecule has 19 heavy (non-hydrogen) atoms. The summed E-state index contributed by atoms with van der Waals surface area (Å²) in [6.45, 7) is 9.40. The molecule has 0 saturated carbocycles. The fourth-order valence-electron chi connectivity index (χ4n) is 1.53. The van der Waals surface area contributed by atoms with Crippen molar-refractivity contribution in [3.63, 3.8) is 0 Å². The molecule has 1 amide bonds. The molecule has 6 nitrogen and oxygen atoms in total. The maximum Gasteiger partial charge on any atom is 0.407 e. The van der Waals surface area contributed by atoms with Gasteiger partial charge in [0.2, 0.25) is 0 Å². The van der Waals surface area contributed by atoms with E-state index in [4.69, 9.17) is 10.5 Å². The van der Waals surface area contributed by atoms with Gasteiger partial charge in [0.05, 0.1) is 6.20 Å². The Bertz CT molecular complexity index is 434. The van der Waals surface area contributed by atoms with Crippen molar-refractivity contribution >= 4 is 12.3 Å². The van der Waals surface area contributed by atoms with Gasteiger partial charge in [0.25, 0.3) is 0 Å². The first-order chi connectivity index (χ1) is 8.84. The third-order valence-electron chi connectivity index (χ3n) is 2.33. The van der Waals surface area contributed by atoms with E-state index in [1.807, 2.05) is 27.0 Å². The third kappa shape index (κ3) is 5.56. The van der Waals surface area contributed by atoms with Crippen LogP contribution in [0.25, 0.3) is 6.20 Å². The number of nitrogens with two attached hydrogens (primary N) is 1. The zero-order valence-electron chi connectivity index (χ0n) is 11.7. The molecule has 0 saturated heterocycles. The van der Waals surface area contributed by atoms with Crippen molar-refractivity contribution in [2.45, 2.75) is 38.8 Å². The number of hydrogen-bond donors (Lipinski definition) is 2. The lowest BCUT2D eigenvalue weighted by atomic mass is 10.1. The van der Waals surface area contributed by atoms with Gasteiger partial charge >= 0.3 is 6.09 Å². The number of alkyl carbamates (subject to hydrolysis) is 1. The summed E-state index contributed by atoms with van der Waals surface area (Å²) >= 11 is 0. The van der Waals surface area contributed by atoms with Crippen molar-refractivity contribution in [2.24, 2.45) is 5.73 Å². The number of nitrogens with zero attached hydrogens (tertiary/aromatic N) is 2. The number of carbonyl (C=O) groups excluding carboxylic acids is 1. The number of nitrogens with one attached hydrogen (secondary N) is 1. The van der Waals surface area contributed by atoms with E-state index in [0.717, 1.165) is 5.56 Å². The monoisotopic (exact) mass is 266 g/mol. The first kappa shape index (κ1) is 15.2. The quantitative estimate of drug-likeness (QED) is 0.843. The number of hydrogen-bond acceptors (Lipinski definition) is 4. The molecule has 1 unspecified atom stereocenters. The molecule has 0 radical (unpaired) electrons. The molecule has 0 aliphatic carbocycles. The highest BCUT2D eigenvalue weighted by atomic mass is 16.6. The fourth-order valence-corrected chi connectivity index (χ4v) is 1.53. The number of aromatic nitrogens is 2. The Morgan fingerprint density at radius 3 is 2.84 bits per heavy atom. The van der Waals surface area contributed by atoms with Crippen molar-refractivity contribution in [1.29, 1.82) is 0 Å². The maximum atomic E-state index is 11.7. The largest absolute Gasteiger partial charge is 0.444 e. The molecule has 0 spiro atoms. The van der Waals surface area contributed by atoms with Crippen LogP contribution in [0.15, 0.2) is 19.0 Å². The highest BCUT2D eigenvalue weighted by Gasteiger charge is 2.19. The first-order valence-electron chi connectivity index (χ1n) is 6.19. The molecular weight excluding hydrogens is 244 g/mol. The Kier molecular flexibility index (Phi) is 5.11. The second-order valence-electron chi connectivity index (χ2n) is 5.29. The van der Waals surface area contributed by atoms with Crippen LogP contribution in [0.4, 0.5) is 4.79 Å². The summed E-state index contributed by atoms with van der Waals surface area (Å²) in [5.41, 5.74) is 6.12. The Morgan fingerprint density at radius 1 is 1.68 bits per heavy atom. The van der Waals surface area contributed by atoms with Gasteiger partial charge in [-0.3, -0.25) is 0 Å². The number of carbonyl (C=O) groups is 1. The molecule has 1 heterocycles. The summed E-state index contributed by atoms with van der Waals surface area (Å²) in [5, 5.41) is 6.82. The minimum atomic E-state index is -0.517. The van der Waals surface area contributed by atoms with Gasteiger partial charge in [-0.1, -0.05) is 6.58 Å². The standard InChI is InChI=1S/C13H22N4O2/c1-5-17-9-10(8-15-17)6-11(7-14)16-12(18)19-13(2,3)4/h5,8-9,11H,1,6-7,14H2,2-4H3,(H,16,18). The van der Waals surface area contributed by atoms with Crippen LogP contribution in [0.5, 0.6) is 0 Å². The number of ether oxygens (including phenoxy) is 1. The second-order valence-corrected chi connectivity index (χ2v) is 5.29. The summed E-state index contributed by atoms with van der Waals surface area (Å²) in [7, 11) is 0. The lowest BCUT2D eigenvalue weighted by Gasteiger charge is -2.22. The topological polar surface area (TPSA) is 82.2 Å². The van der Waals surface area contributed by atoms with Crippen LogP contribution in [-0.2, 0) is 11.2 Å². The molecule has 0 bridgehead atoms. The molecular formula is C13H22N4O2. The van der Waals surface area contributed by atoms with E-state index in [2.05, 4.69) is 17.0 Å². The average molecular weight is 266 g/mol. The van der Waals surface area contributed by atoms with Gasteiger partial charge in [0, 0.05) is 25.0 Å². The third-order valence-corrected chi connectivity index (χ3v) is 2.33. The fraction of sp³-hybridized carbons (Fsp3) is 0.538. The summed E-state index contributed by atoms with van der Waals surface area (Å²) in [6.07, 6.45) is 5.30. The van der Waals surface area contributed by atoms with Gasteiger partial charge < -0.3 is 15.8 Å². The molecule has 1 atom stereocenters. The summed E-state index contributed by atoms with van der Waals surface area (Å²) in [5.74, 6) is 0. The molecule has 6 heteroatoms. The van der Waals surface area contributed by atoms with Crippen LogP contribution in [-0.4, -0.2) is 34.1 Å². The van der Waals surface area contributed by atoms with Crippen LogP contribution >= 0.6 is 0 Å². The Morgan fingerprint density at radius 2 is 2.37 bits per heavy atom. The van der Waals surface area contributed by atoms with E-state index in [1.54, 1.807) is 17.1 Å². The smallest absolute Gasteiger partial charge is 0.407 e. The molecule has 0 aliphatic rings. The van der Waals surface area contributed by atoms with Crippen molar-refractivity contribution in [2.75, 3.05) is 6.54 Å². The predicted molar refractivity (Wildman–Crippen MR) is 74.5 cm³/mol. The minimum absolute atomic E-state index is 0.183. The van der Waals surface area contributed by atoms with Crippen LogP contribution in [0.3, 0.4) is 0 Å². The van der Waals surface area contributed by atoms with Crippen LogP contribution in [0.1, 0.15) is 26.3 Å². The van der Waals surface area contributed by atoms with Crippen LogP contribution < -0.4 is 11.1 Å². The van der Waals surface area contributed by atoms with Gasteiger partial charge in [-0.25, -0.2) is 9.48 Å². The Labute approximate surface area is 113 Å². The van der Waals surface area contributed by atoms with E-state index in [-0.39, 0.29) is 6.04 Å². The number of rotatable bonds is 5. The van der Waals surface area contributed by atoms with E-state index in [1.165, 1.54) is 0 Å². The maximum absolute atomic E-state index is 11.7. The molecule has 3 N–H and O–H groups in total. The molecule has 106 valence electrons. The van der Waals surface area contributed by atoms with E-state index in [0.29, 0.717) is 13.0 Å². The van der Waals surface area contributed by atoms with Gasteiger partial charge in [0.1, 0.15) is 5.60 Å². The molecule has 1 aromatic rings. The zero-order chi connectivity index (χ0) is 14.5. The Hall–Kier alpha value is -1.82. The molecule has 1 rings (SSSR count). The zero-order valence-corrected chi connectivity index (χ0v) is 11.7. The van der Waals surface area contributed by atoms with Crippen molar-refractivity contribution in [3.05, 3.63) is 24.5 Å². The minimum Gasteiger partial charge on any atom is -0.444 e. The lowest BCUT2D eigenvalue weighted by Crippen LogP contribution is -2.44. The van der Waals surface area contributed by atoms with Gasteiger partial charge in [-0.2, -0.15) is 5.10 Å². The highest BCUT2D eigenvalue weighted by Crippen LogP contribution is 2.08. The number of amides is 1. The van der Waals surface area contributed by atoms with Crippen LogP contribution in [0.2, 0.25) is 0 Å². The van der Waals surface area contributed by atoms with E-state index >= 15 is 0 Å². The molecule has 0 aromatic carbocycles. The van der Waals surface area contributed by atoms with Gasteiger partial charge in [-0.05, 0) is 32.8 Å². The normalized spacial score (nSPS) is 12.8. The molecule has 1 aromatic heterocycles. The second kappa shape index (κ2) is 6.38. The summed E-state index contributed by atoms with van der Waals surface area (Å²) in [6, 6.07) is -0.183. The Balaban J connectivity index is 2.54. The molecule has 0 aliphatic heterocycles.